The third-order valence-corrected chi connectivity index (χ3v) is 4.21. The molecule has 18 heavy (non-hydrogen) atoms. The molecule has 2 heterocycles. The fraction of sp³-hybridized carbons (Fsp3) is 0.462. The van der Waals surface area contributed by atoms with Crippen LogP contribution in [0.15, 0.2) is 21.3 Å². The standard InChI is InChI=1S/C13H15NO3S/c1-16-10-6-12-11(17-13(15)18-12)5-9(10)8-3-2-4-14-7-8/h5-6,8,14H,2-4,7H2,1H3. The first-order valence-corrected chi connectivity index (χ1v) is 6.92. The van der Waals surface area contributed by atoms with Crippen LogP contribution in [0.25, 0.3) is 10.3 Å². The van der Waals surface area contributed by atoms with Crippen molar-refractivity contribution in [1.29, 1.82) is 0 Å². The molecule has 0 radical (unpaired) electrons. The van der Waals surface area contributed by atoms with Crippen LogP contribution >= 0.6 is 11.3 Å². The lowest BCUT2D eigenvalue weighted by atomic mass is 9.91. The summed E-state index contributed by atoms with van der Waals surface area (Å²) in [5.41, 5.74) is 1.81. The minimum atomic E-state index is -0.258. The van der Waals surface area contributed by atoms with Crippen LogP contribution in [0.4, 0.5) is 0 Å². The molecule has 5 heteroatoms. The minimum Gasteiger partial charge on any atom is -0.496 e. The first kappa shape index (κ1) is 11.7. The quantitative estimate of drug-likeness (QED) is 0.905. The van der Waals surface area contributed by atoms with Gasteiger partial charge in [-0.15, -0.1) is 0 Å². The fourth-order valence-electron chi connectivity index (χ4n) is 2.53. The monoisotopic (exact) mass is 265 g/mol. The second kappa shape index (κ2) is 4.74. The van der Waals surface area contributed by atoms with E-state index in [1.807, 2.05) is 12.1 Å². The van der Waals surface area contributed by atoms with Crippen LogP contribution in [-0.2, 0) is 0 Å². The van der Waals surface area contributed by atoms with Crippen molar-refractivity contribution >= 4 is 21.6 Å². The lowest BCUT2D eigenvalue weighted by molar-refractivity contribution is 0.392. The second-order valence-electron chi connectivity index (χ2n) is 4.54. The molecule has 1 N–H and O–H groups in total. The van der Waals surface area contributed by atoms with Crippen LogP contribution in [0.3, 0.4) is 0 Å². The molecule has 1 fully saturated rings. The Bertz CT molecular complexity index is 610. The molecule has 96 valence electrons. The van der Waals surface area contributed by atoms with Crippen LogP contribution in [0.5, 0.6) is 5.75 Å². The number of hydrogen-bond acceptors (Lipinski definition) is 5. The summed E-state index contributed by atoms with van der Waals surface area (Å²) in [5, 5.41) is 3.39. The third-order valence-electron chi connectivity index (χ3n) is 3.42. The average molecular weight is 265 g/mol. The molecule has 1 aromatic heterocycles. The van der Waals surface area contributed by atoms with Crippen LogP contribution in [0.2, 0.25) is 0 Å². The molecule has 1 atom stereocenters. The van der Waals surface area contributed by atoms with Gasteiger partial charge >= 0.3 is 4.94 Å². The lowest BCUT2D eigenvalue weighted by Crippen LogP contribution is -2.28. The lowest BCUT2D eigenvalue weighted by Gasteiger charge is -2.24. The van der Waals surface area contributed by atoms with E-state index in [1.165, 1.54) is 6.42 Å². The summed E-state index contributed by atoms with van der Waals surface area (Å²) >= 11 is 1.12. The maximum absolute atomic E-state index is 11.3. The van der Waals surface area contributed by atoms with Gasteiger partial charge in [0.25, 0.3) is 0 Å². The Morgan fingerprint density at radius 3 is 3.11 bits per heavy atom. The fourth-order valence-corrected chi connectivity index (χ4v) is 3.21. The van der Waals surface area contributed by atoms with E-state index in [-0.39, 0.29) is 4.94 Å². The van der Waals surface area contributed by atoms with Crippen LogP contribution in [0.1, 0.15) is 24.3 Å². The normalized spacial score (nSPS) is 20.2. The molecular formula is C13H15NO3S. The van der Waals surface area contributed by atoms with Crippen molar-refractivity contribution < 1.29 is 9.15 Å². The summed E-state index contributed by atoms with van der Waals surface area (Å²) in [6, 6.07) is 3.87. The van der Waals surface area contributed by atoms with E-state index < -0.39 is 0 Å². The average Bonchev–Trinajstić information content (AvgIpc) is 2.77. The summed E-state index contributed by atoms with van der Waals surface area (Å²) in [7, 11) is 1.67. The largest absolute Gasteiger partial charge is 0.496 e. The molecule has 1 aromatic carbocycles. The van der Waals surface area contributed by atoms with Gasteiger partial charge in [0.05, 0.1) is 11.8 Å². The van der Waals surface area contributed by atoms with Crippen LogP contribution in [-0.4, -0.2) is 20.2 Å². The van der Waals surface area contributed by atoms with E-state index in [2.05, 4.69) is 5.32 Å². The Morgan fingerprint density at radius 1 is 1.50 bits per heavy atom. The summed E-state index contributed by atoms with van der Waals surface area (Å²) in [6.07, 6.45) is 2.31. The Morgan fingerprint density at radius 2 is 2.39 bits per heavy atom. The van der Waals surface area contributed by atoms with E-state index in [4.69, 9.17) is 9.15 Å². The first-order valence-electron chi connectivity index (χ1n) is 6.10. The van der Waals surface area contributed by atoms with Crippen molar-refractivity contribution in [2.45, 2.75) is 18.8 Å². The number of ether oxygens (including phenoxy) is 1. The highest BCUT2D eigenvalue weighted by Crippen LogP contribution is 2.35. The smallest absolute Gasteiger partial charge is 0.396 e. The van der Waals surface area contributed by atoms with E-state index in [9.17, 15) is 4.79 Å². The van der Waals surface area contributed by atoms with Crippen molar-refractivity contribution in [3.8, 4) is 5.75 Å². The van der Waals surface area contributed by atoms with E-state index in [1.54, 1.807) is 7.11 Å². The number of hydrogen-bond donors (Lipinski definition) is 1. The van der Waals surface area contributed by atoms with E-state index >= 15 is 0 Å². The third kappa shape index (κ3) is 2.04. The molecule has 0 saturated carbocycles. The molecule has 0 bridgehead atoms. The molecule has 1 unspecified atom stereocenters. The van der Waals surface area contributed by atoms with Gasteiger partial charge in [-0.1, -0.05) is 11.3 Å². The highest BCUT2D eigenvalue weighted by atomic mass is 32.1. The van der Waals surface area contributed by atoms with Crippen molar-refractivity contribution in [2.24, 2.45) is 0 Å². The molecular weight excluding hydrogens is 250 g/mol. The molecule has 1 aliphatic rings. The predicted octanol–water partition coefficient (Wildman–Crippen LogP) is 2.33. The Balaban J connectivity index is 2.10. The number of benzene rings is 1. The van der Waals surface area contributed by atoms with Gasteiger partial charge in [-0.3, -0.25) is 0 Å². The van der Waals surface area contributed by atoms with Crippen LogP contribution < -0.4 is 15.0 Å². The molecule has 0 spiro atoms. The van der Waals surface area contributed by atoms with Crippen molar-refractivity contribution in [3.05, 3.63) is 27.4 Å². The zero-order chi connectivity index (χ0) is 12.5. The molecule has 2 aromatic rings. The highest BCUT2D eigenvalue weighted by Gasteiger charge is 2.20. The maximum atomic E-state index is 11.3. The number of fused-ring (bicyclic) bond motifs is 1. The van der Waals surface area contributed by atoms with E-state index in [0.29, 0.717) is 11.5 Å². The van der Waals surface area contributed by atoms with Gasteiger partial charge in [0, 0.05) is 24.1 Å². The molecule has 0 aliphatic carbocycles. The van der Waals surface area contributed by atoms with Gasteiger partial charge in [0.2, 0.25) is 0 Å². The first-order chi connectivity index (χ1) is 8.78. The highest BCUT2D eigenvalue weighted by molar-refractivity contribution is 7.16. The number of piperidine rings is 1. The van der Waals surface area contributed by atoms with Crippen molar-refractivity contribution in [3.63, 3.8) is 0 Å². The summed E-state index contributed by atoms with van der Waals surface area (Å²) in [4.78, 5) is 11.0. The summed E-state index contributed by atoms with van der Waals surface area (Å²) < 4.78 is 11.5. The minimum absolute atomic E-state index is 0.258. The van der Waals surface area contributed by atoms with Crippen molar-refractivity contribution in [1.82, 2.24) is 5.32 Å². The Kier molecular flexibility index (Phi) is 3.09. The summed E-state index contributed by atoms with van der Waals surface area (Å²) in [6.45, 7) is 2.03. The van der Waals surface area contributed by atoms with E-state index in [0.717, 1.165) is 46.9 Å². The maximum Gasteiger partial charge on any atom is 0.396 e. The zero-order valence-corrected chi connectivity index (χ0v) is 11.0. The SMILES string of the molecule is COc1cc2sc(=O)oc2cc1C1CCCNC1. The van der Waals surface area contributed by atoms with Crippen LogP contribution in [0, 0.1) is 0 Å². The second-order valence-corrected chi connectivity index (χ2v) is 5.52. The van der Waals surface area contributed by atoms with Gasteiger partial charge in [-0.2, -0.15) is 0 Å². The van der Waals surface area contributed by atoms with Gasteiger partial charge in [-0.05, 0) is 25.5 Å². The molecule has 0 amide bonds. The van der Waals surface area contributed by atoms with Gasteiger partial charge in [-0.25, -0.2) is 4.79 Å². The van der Waals surface area contributed by atoms with Gasteiger partial charge in [0.1, 0.15) is 11.3 Å². The van der Waals surface area contributed by atoms with Crippen molar-refractivity contribution in [2.75, 3.05) is 20.2 Å². The molecule has 1 saturated heterocycles. The Hall–Kier alpha value is -1.33. The van der Waals surface area contributed by atoms with Gasteiger partial charge in [0.15, 0.2) is 0 Å². The topological polar surface area (TPSA) is 51.5 Å². The Labute approximate surface area is 109 Å². The molecule has 3 rings (SSSR count). The zero-order valence-electron chi connectivity index (χ0n) is 10.2. The summed E-state index contributed by atoms with van der Waals surface area (Å²) in [5.74, 6) is 1.29. The molecule has 4 nitrogen and oxygen atoms in total. The van der Waals surface area contributed by atoms with Gasteiger partial charge < -0.3 is 14.5 Å². The number of nitrogens with one attached hydrogen (secondary N) is 1. The predicted molar refractivity (Wildman–Crippen MR) is 71.8 cm³/mol. The number of methoxy groups -OCH3 is 1. The number of rotatable bonds is 2. The molecule has 1 aliphatic heterocycles.